The van der Waals surface area contributed by atoms with Crippen LogP contribution in [-0.2, 0) is 32.8 Å². The summed E-state index contributed by atoms with van der Waals surface area (Å²) in [6.45, 7) is 1.45. The quantitative estimate of drug-likeness (QED) is 0.405. The van der Waals surface area contributed by atoms with Crippen molar-refractivity contribution in [2.24, 2.45) is 0 Å². The van der Waals surface area contributed by atoms with Crippen LogP contribution in [0.1, 0.15) is 16.7 Å². The highest BCUT2D eigenvalue weighted by Crippen LogP contribution is 2.22. The van der Waals surface area contributed by atoms with Gasteiger partial charge >= 0.3 is 10.2 Å². The van der Waals surface area contributed by atoms with Gasteiger partial charge in [0.15, 0.2) is 0 Å². The largest absolute Gasteiger partial charge is 0.357 e. The maximum atomic E-state index is 13.9. The van der Waals surface area contributed by atoms with Crippen molar-refractivity contribution < 1.29 is 22.4 Å². The number of hydrogen-bond acceptors (Lipinski definition) is 4. The number of amides is 2. The molecule has 0 aromatic heterocycles. The Morgan fingerprint density at radius 1 is 0.895 bits per heavy atom. The Morgan fingerprint density at radius 3 is 2.05 bits per heavy atom. The molecule has 0 aliphatic rings. The third-order valence-electron chi connectivity index (χ3n) is 6.12. The smallest absolute Gasteiger partial charge is 0.304 e. The van der Waals surface area contributed by atoms with Crippen LogP contribution >= 0.6 is 0 Å². The summed E-state index contributed by atoms with van der Waals surface area (Å²) in [6.07, 6.45) is 0.231. The Kier molecular flexibility index (Phi) is 9.60. The van der Waals surface area contributed by atoms with Crippen LogP contribution in [0.3, 0.4) is 0 Å². The Balaban J connectivity index is 2.05. The first-order valence-electron chi connectivity index (χ1n) is 12.1. The van der Waals surface area contributed by atoms with Gasteiger partial charge in [-0.1, -0.05) is 60.2 Å². The summed E-state index contributed by atoms with van der Waals surface area (Å²) >= 11 is 0. The molecule has 0 radical (unpaired) electrons. The maximum Gasteiger partial charge on any atom is 0.304 e. The molecule has 3 aromatic rings. The average molecular weight is 541 g/mol. The lowest BCUT2D eigenvalue weighted by Gasteiger charge is -2.34. The van der Waals surface area contributed by atoms with E-state index in [0.717, 1.165) is 37.4 Å². The van der Waals surface area contributed by atoms with Gasteiger partial charge < -0.3 is 10.2 Å². The van der Waals surface area contributed by atoms with Gasteiger partial charge in [-0.15, -0.1) is 0 Å². The van der Waals surface area contributed by atoms with E-state index < -0.39 is 34.5 Å². The predicted molar refractivity (Wildman–Crippen MR) is 146 cm³/mol. The number of aryl methyl sites for hydroxylation is 1. The van der Waals surface area contributed by atoms with Crippen LogP contribution in [0.15, 0.2) is 78.9 Å². The molecule has 38 heavy (non-hydrogen) atoms. The highest BCUT2D eigenvalue weighted by atomic mass is 32.2. The van der Waals surface area contributed by atoms with Crippen LogP contribution in [0.4, 0.5) is 10.1 Å². The number of likely N-dealkylation sites (N-methyl/N-ethyl adjacent to an activating group) is 1. The molecule has 0 fully saturated rings. The first-order chi connectivity index (χ1) is 18.0. The number of anilines is 1. The summed E-state index contributed by atoms with van der Waals surface area (Å²) < 4.78 is 42.0. The second-order valence-corrected chi connectivity index (χ2v) is 11.2. The van der Waals surface area contributed by atoms with Gasteiger partial charge in [-0.2, -0.15) is 12.7 Å². The van der Waals surface area contributed by atoms with Crippen LogP contribution < -0.4 is 9.62 Å². The fourth-order valence-corrected chi connectivity index (χ4v) is 4.99. The van der Waals surface area contributed by atoms with Crippen molar-refractivity contribution in [1.29, 1.82) is 0 Å². The predicted octanol–water partition coefficient (Wildman–Crippen LogP) is 3.13. The third kappa shape index (κ3) is 7.17. The molecule has 0 heterocycles. The first kappa shape index (κ1) is 28.8. The molecule has 10 heteroatoms. The van der Waals surface area contributed by atoms with Gasteiger partial charge in [-0.25, -0.2) is 8.70 Å². The summed E-state index contributed by atoms with van der Waals surface area (Å²) in [5, 5.41) is 2.64. The number of nitrogens with one attached hydrogen (secondary N) is 1. The van der Waals surface area contributed by atoms with Gasteiger partial charge in [0.1, 0.15) is 18.4 Å². The first-order valence-corrected chi connectivity index (χ1v) is 13.5. The van der Waals surface area contributed by atoms with E-state index in [1.807, 2.05) is 61.5 Å². The van der Waals surface area contributed by atoms with Gasteiger partial charge in [0, 0.05) is 34.1 Å². The number of halogens is 1. The summed E-state index contributed by atoms with van der Waals surface area (Å²) in [6, 6.07) is 20.8. The van der Waals surface area contributed by atoms with E-state index in [4.69, 9.17) is 0 Å². The minimum Gasteiger partial charge on any atom is -0.357 e. The van der Waals surface area contributed by atoms with Crippen molar-refractivity contribution in [3.63, 3.8) is 0 Å². The minimum absolute atomic E-state index is 0.0866. The number of rotatable bonds is 11. The zero-order valence-corrected chi connectivity index (χ0v) is 22.8. The number of carbonyl (C=O) groups is 2. The molecule has 0 saturated heterocycles. The Labute approximate surface area is 223 Å². The van der Waals surface area contributed by atoms with Crippen LogP contribution in [0.2, 0.25) is 0 Å². The maximum absolute atomic E-state index is 13.9. The van der Waals surface area contributed by atoms with E-state index in [1.54, 1.807) is 0 Å². The highest BCUT2D eigenvalue weighted by molar-refractivity contribution is 7.90. The normalized spacial score (nSPS) is 12.2. The summed E-state index contributed by atoms with van der Waals surface area (Å²) in [4.78, 5) is 28.5. The standard InChI is InChI=1S/C28H33FN4O4S/c1-21-10-12-23(13-11-21)19-32(26(28(35)30-2)18-22-8-6-5-7-9-22)27(34)20-33(38(36,37)31(3)4)25-16-14-24(29)15-17-25/h5-17,26H,18-20H2,1-4H3,(H,30,35). The van der Waals surface area contributed by atoms with E-state index in [-0.39, 0.29) is 24.6 Å². The Bertz CT molecular complexity index is 1330. The molecule has 0 aliphatic carbocycles. The van der Waals surface area contributed by atoms with E-state index in [0.29, 0.717) is 0 Å². The average Bonchev–Trinajstić information content (AvgIpc) is 2.90. The van der Waals surface area contributed by atoms with Crippen molar-refractivity contribution in [3.05, 3.63) is 101 Å². The van der Waals surface area contributed by atoms with Crippen molar-refractivity contribution in [2.75, 3.05) is 32.0 Å². The SMILES string of the molecule is CNC(=O)C(Cc1ccccc1)N(Cc1ccc(C)cc1)C(=O)CN(c1ccc(F)cc1)S(=O)(=O)N(C)C. The lowest BCUT2D eigenvalue weighted by atomic mass is 10.0. The monoisotopic (exact) mass is 540 g/mol. The molecule has 8 nitrogen and oxygen atoms in total. The molecule has 0 bridgehead atoms. The molecule has 1 N–H and O–H groups in total. The summed E-state index contributed by atoms with van der Waals surface area (Å²) in [5.41, 5.74) is 2.80. The Hall–Kier alpha value is -3.76. The van der Waals surface area contributed by atoms with E-state index in [9.17, 15) is 22.4 Å². The minimum atomic E-state index is -4.13. The summed E-state index contributed by atoms with van der Waals surface area (Å²) in [7, 11) is 0.0707. The molecule has 1 atom stereocenters. The molecule has 1 unspecified atom stereocenters. The zero-order chi connectivity index (χ0) is 27.9. The van der Waals surface area contributed by atoms with Crippen molar-refractivity contribution >= 4 is 27.7 Å². The van der Waals surface area contributed by atoms with Crippen LogP contribution in [-0.4, -0.2) is 63.2 Å². The molecule has 0 saturated carbocycles. The number of hydrogen-bond donors (Lipinski definition) is 1. The van der Waals surface area contributed by atoms with Crippen molar-refractivity contribution in [2.45, 2.75) is 25.9 Å². The lowest BCUT2D eigenvalue weighted by Crippen LogP contribution is -2.53. The van der Waals surface area contributed by atoms with Crippen molar-refractivity contribution in [3.8, 4) is 0 Å². The highest BCUT2D eigenvalue weighted by Gasteiger charge is 2.34. The Morgan fingerprint density at radius 2 is 1.50 bits per heavy atom. The van der Waals surface area contributed by atoms with E-state index in [2.05, 4.69) is 5.32 Å². The second-order valence-electron chi connectivity index (χ2n) is 9.10. The molecule has 2 amide bonds. The van der Waals surface area contributed by atoms with Crippen LogP contribution in [0, 0.1) is 12.7 Å². The van der Waals surface area contributed by atoms with E-state index in [1.165, 1.54) is 38.2 Å². The molecular weight excluding hydrogens is 507 g/mol. The third-order valence-corrected chi connectivity index (χ3v) is 7.94. The van der Waals surface area contributed by atoms with Gasteiger partial charge in [0.2, 0.25) is 11.8 Å². The van der Waals surface area contributed by atoms with E-state index >= 15 is 0 Å². The molecular formula is C28H33FN4O4S. The zero-order valence-electron chi connectivity index (χ0n) is 22.0. The summed E-state index contributed by atoms with van der Waals surface area (Å²) in [5.74, 6) is -1.49. The topological polar surface area (TPSA) is 90.0 Å². The number of carbonyl (C=O) groups excluding carboxylic acids is 2. The van der Waals surface area contributed by atoms with Gasteiger partial charge in [0.25, 0.3) is 0 Å². The van der Waals surface area contributed by atoms with Gasteiger partial charge in [-0.3, -0.25) is 9.59 Å². The fraction of sp³-hybridized carbons (Fsp3) is 0.286. The molecule has 3 rings (SSSR count). The molecule has 202 valence electrons. The molecule has 3 aromatic carbocycles. The van der Waals surface area contributed by atoms with Gasteiger partial charge in [-0.05, 0) is 42.3 Å². The molecule has 0 aliphatic heterocycles. The second kappa shape index (κ2) is 12.7. The van der Waals surface area contributed by atoms with Crippen LogP contribution in [0.5, 0.6) is 0 Å². The number of nitrogens with zero attached hydrogens (tertiary/aromatic N) is 3. The van der Waals surface area contributed by atoms with Crippen LogP contribution in [0.25, 0.3) is 0 Å². The van der Waals surface area contributed by atoms with Gasteiger partial charge in [0.05, 0.1) is 5.69 Å². The fourth-order valence-electron chi connectivity index (χ4n) is 3.93. The molecule has 0 spiro atoms. The lowest BCUT2D eigenvalue weighted by molar-refractivity contribution is -0.139. The van der Waals surface area contributed by atoms with Crippen molar-refractivity contribution in [1.82, 2.24) is 14.5 Å². The number of benzene rings is 3.